The van der Waals surface area contributed by atoms with E-state index in [1.165, 1.54) is 22.3 Å². The molecule has 0 amide bonds. The molecule has 2 aromatic rings. The molecule has 4 rings (SSSR count). The van der Waals surface area contributed by atoms with E-state index in [9.17, 15) is 0 Å². The van der Waals surface area contributed by atoms with Crippen LogP contribution in [0.15, 0.2) is 36.4 Å². The predicted molar refractivity (Wildman–Crippen MR) is 230 cm³/mol. The van der Waals surface area contributed by atoms with Crippen LogP contribution in [-0.4, -0.2) is 33.3 Å². The molecule has 0 heterocycles. The van der Waals surface area contributed by atoms with Crippen molar-refractivity contribution in [2.24, 2.45) is 0 Å². The molecule has 0 spiro atoms. The van der Waals surface area contributed by atoms with Crippen molar-refractivity contribution in [2.45, 2.75) is 168 Å². The number of hydrogen-bond acceptors (Lipinski definition) is 4. The van der Waals surface area contributed by atoms with Crippen molar-refractivity contribution in [1.29, 1.82) is 0 Å². The summed E-state index contributed by atoms with van der Waals surface area (Å²) < 4.78 is 27.2. The molecule has 0 atom stereocenters. The van der Waals surface area contributed by atoms with Gasteiger partial charge in [-0.05, 0) is 132 Å². The first-order chi connectivity index (χ1) is 24.0. The van der Waals surface area contributed by atoms with Gasteiger partial charge >= 0.3 is 0 Å². The van der Waals surface area contributed by atoms with Crippen molar-refractivity contribution in [3.8, 4) is 23.0 Å². The molecule has 4 nitrogen and oxygen atoms in total. The summed E-state index contributed by atoms with van der Waals surface area (Å²) in [6.07, 6.45) is 11.0. The van der Waals surface area contributed by atoms with Gasteiger partial charge in [-0.15, -0.1) is 0 Å². The van der Waals surface area contributed by atoms with Crippen LogP contribution in [0.25, 0.3) is 12.2 Å². The van der Waals surface area contributed by atoms with Crippen molar-refractivity contribution in [3.05, 3.63) is 58.7 Å². The average Bonchev–Trinajstić information content (AvgIpc) is 3.83. The van der Waals surface area contributed by atoms with E-state index in [-0.39, 0.29) is 50.7 Å². The van der Waals surface area contributed by atoms with E-state index >= 15 is 0 Å². The fraction of sp³-hybridized carbons (Fsp3) is 0.619. The van der Waals surface area contributed by atoms with Crippen molar-refractivity contribution in [3.63, 3.8) is 0 Å². The summed E-state index contributed by atoms with van der Waals surface area (Å²) in [7, 11) is -6.86. The summed E-state index contributed by atoms with van der Waals surface area (Å²) >= 11 is 0. The second-order valence-corrected chi connectivity index (χ2v) is 33.4. The Kier molecular flexibility index (Phi) is 24.0. The minimum Gasteiger partial charge on any atom is -1.00 e. The molecule has 0 unspecified atom stereocenters. The number of allylic oxidation sites excluding steroid dienone is 2. The zero-order chi connectivity index (χ0) is 37.0. The van der Waals surface area contributed by atoms with Crippen LogP contribution in [0.1, 0.15) is 105 Å². The third kappa shape index (κ3) is 12.7. The van der Waals surface area contributed by atoms with Crippen LogP contribution in [-0.2, 0) is 38.7 Å². The number of hydrogen-bond donors (Lipinski definition) is 0. The number of benzene rings is 2. The summed E-state index contributed by atoms with van der Waals surface area (Å²) in [4.78, 5) is 0. The SMILES string of the molecule is CC[Si](CC)(CC)Oc1cc2c(cc1O[Si](CC)(CC)CC)CC=C2.CC[Si](CC)(CC)Oc1cc2c(cc1O[Si](CC)(CC)CC)CC=C2.[Cl-].[Cl-].[Hf]. The van der Waals surface area contributed by atoms with Crippen LogP contribution in [0.2, 0.25) is 72.5 Å². The van der Waals surface area contributed by atoms with Gasteiger partial charge in [0.15, 0.2) is 0 Å². The molecule has 53 heavy (non-hydrogen) atoms. The molecule has 0 aliphatic heterocycles. The van der Waals surface area contributed by atoms with Crippen molar-refractivity contribution < 1.29 is 68.4 Å². The van der Waals surface area contributed by atoms with Gasteiger partial charge in [-0.25, -0.2) is 0 Å². The zero-order valence-corrected chi connectivity index (χ0v) is 44.5. The molecule has 0 saturated heterocycles. The molecule has 2 aromatic carbocycles. The number of halogens is 2. The largest absolute Gasteiger partial charge is 1.00 e. The Morgan fingerprint density at radius 1 is 0.377 bits per heavy atom. The fourth-order valence-electron chi connectivity index (χ4n) is 7.64. The van der Waals surface area contributed by atoms with Crippen LogP contribution in [0, 0.1) is 0 Å². The summed E-state index contributed by atoms with van der Waals surface area (Å²) in [6.45, 7) is 27.5. The summed E-state index contributed by atoms with van der Waals surface area (Å²) in [6, 6.07) is 22.9. The molecular weight excluding hydrogens is 930 g/mol. The minimum absolute atomic E-state index is 0. The Morgan fingerprint density at radius 2 is 0.585 bits per heavy atom. The Morgan fingerprint density at radius 3 is 0.792 bits per heavy atom. The summed E-state index contributed by atoms with van der Waals surface area (Å²) in [5.74, 6) is 4.06. The molecular formula is C42H72Cl2HfO4Si4-2. The Bertz CT molecular complexity index is 1300. The van der Waals surface area contributed by atoms with E-state index in [2.05, 4.69) is 132 Å². The third-order valence-electron chi connectivity index (χ3n) is 12.7. The molecule has 2 aliphatic rings. The molecule has 2 aliphatic carbocycles. The molecule has 0 aromatic heterocycles. The average molecular weight is 1000 g/mol. The second-order valence-electron chi connectivity index (χ2n) is 14.6. The minimum atomic E-state index is -1.72. The third-order valence-corrected chi connectivity index (χ3v) is 30.8. The van der Waals surface area contributed by atoms with E-state index in [1.54, 1.807) is 0 Å². The Hall–Kier alpha value is -0.562. The van der Waals surface area contributed by atoms with Crippen LogP contribution in [0.5, 0.6) is 23.0 Å². The van der Waals surface area contributed by atoms with Gasteiger partial charge in [-0.3, -0.25) is 0 Å². The predicted octanol–water partition coefficient (Wildman–Crippen LogP) is 8.05. The van der Waals surface area contributed by atoms with E-state index in [4.69, 9.17) is 17.7 Å². The van der Waals surface area contributed by atoms with E-state index in [1.807, 2.05) is 0 Å². The number of fused-ring (bicyclic) bond motifs is 2. The summed E-state index contributed by atoms with van der Waals surface area (Å²) in [5, 5.41) is 0. The maximum Gasteiger partial charge on any atom is 0.250 e. The maximum absolute atomic E-state index is 6.79. The van der Waals surface area contributed by atoms with Crippen LogP contribution in [0.3, 0.4) is 0 Å². The van der Waals surface area contributed by atoms with E-state index < -0.39 is 33.3 Å². The van der Waals surface area contributed by atoms with Gasteiger partial charge in [-0.2, -0.15) is 0 Å². The van der Waals surface area contributed by atoms with Gasteiger partial charge < -0.3 is 42.5 Å². The molecule has 0 N–H and O–H groups in total. The topological polar surface area (TPSA) is 36.9 Å². The maximum atomic E-state index is 6.79. The Balaban J connectivity index is 0.000000966. The smallest absolute Gasteiger partial charge is 0.250 e. The number of rotatable bonds is 20. The molecule has 0 radical (unpaired) electrons. The normalized spacial score (nSPS) is 13.1. The van der Waals surface area contributed by atoms with Crippen LogP contribution < -0.4 is 42.5 Å². The van der Waals surface area contributed by atoms with Gasteiger partial charge in [-0.1, -0.05) is 107 Å². The standard InChI is InChI=1S/2C21H36O2Si2.2ClH.Hf/c2*1-7-24(8-2,9-3)22-20-16-18-14-13-15-19(18)17-21(20)23-25(10-4,11-5)12-6;;;/h2*13-14,16-17H,7-12,15H2,1-6H3;2*1H;/p-2. The first kappa shape index (κ1) is 52.4. The fourth-order valence-corrected chi connectivity index (χ4v) is 17.9. The molecule has 11 heteroatoms. The second kappa shape index (κ2) is 24.3. The van der Waals surface area contributed by atoms with Gasteiger partial charge in [0.2, 0.25) is 0 Å². The quantitative estimate of drug-likeness (QED) is 0.126. The Labute approximate surface area is 361 Å². The molecule has 300 valence electrons. The van der Waals surface area contributed by atoms with Crippen molar-refractivity contribution >= 4 is 45.4 Å². The van der Waals surface area contributed by atoms with Crippen LogP contribution >= 0.6 is 0 Å². The summed E-state index contributed by atoms with van der Waals surface area (Å²) in [5.41, 5.74) is 5.38. The van der Waals surface area contributed by atoms with Crippen molar-refractivity contribution in [2.75, 3.05) is 0 Å². The first-order valence-corrected chi connectivity index (χ1v) is 30.6. The van der Waals surface area contributed by atoms with E-state index in [0.717, 1.165) is 108 Å². The van der Waals surface area contributed by atoms with Gasteiger partial charge in [0.05, 0.1) is 0 Å². The zero-order valence-electron chi connectivity index (χ0n) is 35.4. The monoisotopic (exact) mass is 1000 g/mol. The molecule has 0 fully saturated rings. The van der Waals surface area contributed by atoms with Gasteiger partial charge in [0.1, 0.15) is 23.0 Å². The van der Waals surface area contributed by atoms with Crippen molar-refractivity contribution in [1.82, 2.24) is 0 Å². The molecule has 0 saturated carbocycles. The van der Waals surface area contributed by atoms with Gasteiger partial charge in [0, 0.05) is 25.8 Å². The first-order valence-electron chi connectivity index (χ1n) is 20.4. The van der Waals surface area contributed by atoms with Gasteiger partial charge in [0.25, 0.3) is 33.3 Å². The molecule has 0 bridgehead atoms. The van der Waals surface area contributed by atoms with Crippen LogP contribution in [0.4, 0.5) is 0 Å². The van der Waals surface area contributed by atoms with E-state index in [0.29, 0.717) is 0 Å².